The normalized spacial score (nSPS) is 13.2. The second-order valence-electron chi connectivity index (χ2n) is 3.50. The van der Waals surface area contributed by atoms with Gasteiger partial charge in [-0.25, -0.2) is 0 Å². The van der Waals surface area contributed by atoms with Gasteiger partial charge in [-0.15, -0.1) is 0 Å². The van der Waals surface area contributed by atoms with E-state index in [-0.39, 0.29) is 0 Å². The van der Waals surface area contributed by atoms with E-state index in [2.05, 4.69) is 43.9 Å². The molecule has 1 aromatic heterocycles. The summed E-state index contributed by atoms with van der Waals surface area (Å²) in [5, 5.41) is 0. The lowest BCUT2D eigenvalue weighted by Crippen LogP contribution is -1.94. The summed E-state index contributed by atoms with van der Waals surface area (Å²) in [5.41, 5.74) is 1.50. The van der Waals surface area contributed by atoms with E-state index in [1.54, 1.807) is 0 Å². The molecular weight excluding hydrogens is 146 g/mol. The van der Waals surface area contributed by atoms with Crippen molar-refractivity contribution in [1.82, 2.24) is 4.57 Å². The Morgan fingerprint density at radius 3 is 2.58 bits per heavy atom. The second-order valence-corrected chi connectivity index (χ2v) is 3.50. The molecule has 0 amide bonds. The Balaban J connectivity index is 2.66. The highest BCUT2D eigenvalue weighted by atomic mass is 14.9. The lowest BCUT2D eigenvalue weighted by molar-refractivity contribution is 0.595. The number of aromatic nitrogens is 1. The molecule has 0 N–H and O–H groups in total. The van der Waals surface area contributed by atoms with Crippen LogP contribution in [-0.4, -0.2) is 4.57 Å². The third-order valence-corrected chi connectivity index (χ3v) is 2.46. The molecule has 0 aliphatic carbocycles. The van der Waals surface area contributed by atoms with E-state index in [1.165, 1.54) is 24.8 Å². The molecule has 0 aliphatic rings. The van der Waals surface area contributed by atoms with E-state index in [0.29, 0.717) is 0 Å². The third kappa shape index (κ3) is 2.13. The molecule has 1 heterocycles. The van der Waals surface area contributed by atoms with Crippen molar-refractivity contribution in [2.24, 2.45) is 7.05 Å². The minimum absolute atomic E-state index is 0.774. The first-order valence-corrected chi connectivity index (χ1v) is 4.89. The molecule has 0 fully saturated rings. The Morgan fingerprint density at radius 1 is 1.42 bits per heavy atom. The summed E-state index contributed by atoms with van der Waals surface area (Å²) in [6.07, 6.45) is 8.24. The molecule has 12 heavy (non-hydrogen) atoms. The summed E-state index contributed by atoms with van der Waals surface area (Å²) in [4.78, 5) is 0. The van der Waals surface area contributed by atoms with E-state index < -0.39 is 0 Å². The minimum Gasteiger partial charge on any atom is -0.357 e. The summed E-state index contributed by atoms with van der Waals surface area (Å²) < 4.78 is 2.13. The van der Waals surface area contributed by atoms with Crippen LogP contribution in [0.1, 0.15) is 44.6 Å². The lowest BCUT2D eigenvalue weighted by atomic mass is 9.94. The molecule has 1 rings (SSSR count). The number of rotatable bonds is 4. The van der Waals surface area contributed by atoms with E-state index in [1.807, 2.05) is 0 Å². The van der Waals surface area contributed by atoms with E-state index >= 15 is 0 Å². The summed E-state index contributed by atoms with van der Waals surface area (Å²) in [5.74, 6) is 0.774. The first-order chi connectivity index (χ1) is 5.77. The van der Waals surface area contributed by atoms with Crippen LogP contribution >= 0.6 is 0 Å². The smallest absolute Gasteiger partial charge is 0.0106 e. The zero-order valence-electron chi connectivity index (χ0n) is 8.38. The number of hydrogen-bond acceptors (Lipinski definition) is 0. The van der Waals surface area contributed by atoms with Gasteiger partial charge in [-0.05, 0) is 30.4 Å². The standard InChI is InChI=1S/C11H19N/c1-4-6-10(5-2)11-7-8-12(3)9-11/h7-10H,4-6H2,1-3H3. The molecule has 0 spiro atoms. The maximum Gasteiger partial charge on any atom is 0.0106 e. The number of aryl methyl sites for hydroxylation is 1. The Bertz CT molecular complexity index is 225. The van der Waals surface area contributed by atoms with Gasteiger partial charge >= 0.3 is 0 Å². The van der Waals surface area contributed by atoms with Crippen molar-refractivity contribution in [3.8, 4) is 0 Å². The highest BCUT2D eigenvalue weighted by Crippen LogP contribution is 2.24. The first kappa shape index (κ1) is 9.37. The van der Waals surface area contributed by atoms with Crippen LogP contribution in [0.15, 0.2) is 18.5 Å². The van der Waals surface area contributed by atoms with Gasteiger partial charge in [0.2, 0.25) is 0 Å². The van der Waals surface area contributed by atoms with E-state index in [4.69, 9.17) is 0 Å². The summed E-state index contributed by atoms with van der Waals surface area (Å²) in [7, 11) is 2.09. The van der Waals surface area contributed by atoms with Crippen molar-refractivity contribution in [2.75, 3.05) is 0 Å². The van der Waals surface area contributed by atoms with Crippen molar-refractivity contribution in [3.05, 3.63) is 24.0 Å². The highest BCUT2D eigenvalue weighted by Gasteiger charge is 2.08. The maximum atomic E-state index is 2.27. The predicted molar refractivity (Wildman–Crippen MR) is 53.4 cm³/mol. The van der Waals surface area contributed by atoms with Gasteiger partial charge in [0.05, 0.1) is 0 Å². The maximum absolute atomic E-state index is 2.27. The highest BCUT2D eigenvalue weighted by molar-refractivity contribution is 5.15. The van der Waals surface area contributed by atoms with Gasteiger partial charge in [0.25, 0.3) is 0 Å². The first-order valence-electron chi connectivity index (χ1n) is 4.89. The fourth-order valence-corrected chi connectivity index (χ4v) is 1.72. The van der Waals surface area contributed by atoms with Gasteiger partial charge in [0.1, 0.15) is 0 Å². The zero-order chi connectivity index (χ0) is 8.97. The topological polar surface area (TPSA) is 4.93 Å². The molecule has 1 unspecified atom stereocenters. The van der Waals surface area contributed by atoms with Crippen LogP contribution < -0.4 is 0 Å². The van der Waals surface area contributed by atoms with Crippen LogP contribution in [-0.2, 0) is 7.05 Å². The SMILES string of the molecule is CCCC(CC)c1ccn(C)c1. The molecule has 68 valence electrons. The molecule has 1 nitrogen and oxygen atoms in total. The van der Waals surface area contributed by atoms with Crippen molar-refractivity contribution in [1.29, 1.82) is 0 Å². The van der Waals surface area contributed by atoms with Crippen LogP contribution in [0.4, 0.5) is 0 Å². The summed E-state index contributed by atoms with van der Waals surface area (Å²) >= 11 is 0. The van der Waals surface area contributed by atoms with Crippen LogP contribution in [0.3, 0.4) is 0 Å². The van der Waals surface area contributed by atoms with Gasteiger partial charge in [0, 0.05) is 19.4 Å². The van der Waals surface area contributed by atoms with Crippen molar-refractivity contribution >= 4 is 0 Å². The zero-order valence-corrected chi connectivity index (χ0v) is 8.38. The van der Waals surface area contributed by atoms with Gasteiger partial charge in [-0.1, -0.05) is 20.3 Å². The van der Waals surface area contributed by atoms with Gasteiger partial charge < -0.3 is 4.57 Å². The van der Waals surface area contributed by atoms with Crippen LogP contribution in [0, 0.1) is 0 Å². The average Bonchev–Trinajstić information content (AvgIpc) is 2.47. The largest absolute Gasteiger partial charge is 0.357 e. The molecule has 1 aromatic rings. The molecule has 0 bridgehead atoms. The van der Waals surface area contributed by atoms with Crippen LogP contribution in [0.2, 0.25) is 0 Å². The van der Waals surface area contributed by atoms with Crippen LogP contribution in [0.25, 0.3) is 0 Å². The second kappa shape index (κ2) is 4.34. The Kier molecular flexibility index (Phi) is 3.39. The van der Waals surface area contributed by atoms with Crippen molar-refractivity contribution in [3.63, 3.8) is 0 Å². The molecule has 1 atom stereocenters. The van der Waals surface area contributed by atoms with Gasteiger partial charge in [-0.3, -0.25) is 0 Å². The molecule has 0 radical (unpaired) electrons. The van der Waals surface area contributed by atoms with E-state index in [0.717, 1.165) is 5.92 Å². The Labute approximate surface area is 75.4 Å². The van der Waals surface area contributed by atoms with Crippen molar-refractivity contribution < 1.29 is 0 Å². The van der Waals surface area contributed by atoms with Crippen LogP contribution in [0.5, 0.6) is 0 Å². The third-order valence-electron chi connectivity index (χ3n) is 2.46. The fraction of sp³-hybridized carbons (Fsp3) is 0.636. The lowest BCUT2D eigenvalue weighted by Gasteiger charge is -2.11. The number of hydrogen-bond donors (Lipinski definition) is 0. The van der Waals surface area contributed by atoms with Crippen molar-refractivity contribution in [2.45, 2.75) is 39.0 Å². The van der Waals surface area contributed by atoms with Gasteiger partial charge in [0.15, 0.2) is 0 Å². The fourth-order valence-electron chi connectivity index (χ4n) is 1.72. The molecule has 1 heteroatoms. The van der Waals surface area contributed by atoms with Gasteiger partial charge in [-0.2, -0.15) is 0 Å². The van der Waals surface area contributed by atoms with E-state index in [9.17, 15) is 0 Å². The predicted octanol–water partition coefficient (Wildman–Crippen LogP) is 3.32. The molecule has 0 aromatic carbocycles. The quantitative estimate of drug-likeness (QED) is 0.645. The minimum atomic E-state index is 0.774. The molecule has 0 saturated carbocycles. The monoisotopic (exact) mass is 165 g/mol. The Hall–Kier alpha value is -0.720. The number of nitrogens with zero attached hydrogens (tertiary/aromatic N) is 1. The Morgan fingerprint density at radius 2 is 2.17 bits per heavy atom. The molecule has 0 aliphatic heterocycles. The average molecular weight is 165 g/mol. The summed E-state index contributed by atoms with van der Waals surface area (Å²) in [6.45, 7) is 4.53. The summed E-state index contributed by atoms with van der Waals surface area (Å²) in [6, 6.07) is 2.24. The molecule has 0 saturated heterocycles. The molecular formula is C11H19N.